The van der Waals surface area contributed by atoms with Crippen LogP contribution < -0.4 is 14.5 Å². The summed E-state index contributed by atoms with van der Waals surface area (Å²) in [5.74, 6) is 2.33. The molecule has 132 valence electrons. The summed E-state index contributed by atoms with van der Waals surface area (Å²) in [4.78, 5) is 23.1. The van der Waals surface area contributed by atoms with E-state index in [-0.39, 0.29) is 11.8 Å². The Morgan fingerprint density at radius 1 is 1.40 bits per heavy atom. The minimum absolute atomic E-state index is 0.0132. The second-order valence-corrected chi connectivity index (χ2v) is 6.29. The molecule has 8 heteroatoms. The van der Waals surface area contributed by atoms with Crippen molar-refractivity contribution in [2.45, 2.75) is 19.4 Å². The van der Waals surface area contributed by atoms with Crippen molar-refractivity contribution < 1.29 is 9.66 Å². The largest absolute Gasteiger partial charge is 0.485 e. The third-order valence-corrected chi connectivity index (χ3v) is 4.16. The smallest absolute Gasteiger partial charge is 0.287 e. The van der Waals surface area contributed by atoms with Crippen LogP contribution >= 0.6 is 0 Å². The molecule has 0 aromatic carbocycles. The molecule has 1 saturated heterocycles. The monoisotopic (exact) mass is 343 g/mol. The van der Waals surface area contributed by atoms with E-state index < -0.39 is 4.92 Å². The maximum absolute atomic E-state index is 10.8. The molecule has 0 aliphatic carbocycles. The third-order valence-electron chi connectivity index (χ3n) is 4.16. The van der Waals surface area contributed by atoms with Gasteiger partial charge >= 0.3 is 0 Å². The van der Waals surface area contributed by atoms with Gasteiger partial charge in [-0.3, -0.25) is 10.1 Å². The number of anilines is 2. The van der Waals surface area contributed by atoms with E-state index in [0.717, 1.165) is 35.9 Å². The van der Waals surface area contributed by atoms with Crippen LogP contribution in [0.3, 0.4) is 0 Å². The zero-order valence-electron chi connectivity index (χ0n) is 14.5. The molecule has 8 nitrogen and oxygen atoms in total. The SMILES string of the molecule is Cc1cc([N+](=O)[O-])cnc1N1CCC(Oc2cccnc2N(C)C)C1. The molecular weight excluding hydrogens is 322 g/mol. The first-order chi connectivity index (χ1) is 12.0. The van der Waals surface area contributed by atoms with Gasteiger partial charge in [-0.05, 0) is 24.6 Å². The van der Waals surface area contributed by atoms with Crippen LogP contribution in [0.15, 0.2) is 30.6 Å². The molecule has 0 N–H and O–H groups in total. The van der Waals surface area contributed by atoms with E-state index in [1.54, 1.807) is 12.3 Å². The molecule has 0 radical (unpaired) electrons. The fourth-order valence-corrected chi connectivity index (χ4v) is 2.99. The van der Waals surface area contributed by atoms with Crippen molar-refractivity contribution in [3.8, 4) is 5.75 Å². The molecule has 2 aromatic rings. The van der Waals surface area contributed by atoms with E-state index in [9.17, 15) is 10.1 Å². The average Bonchev–Trinajstić information content (AvgIpc) is 3.03. The second kappa shape index (κ2) is 6.92. The normalized spacial score (nSPS) is 16.8. The second-order valence-electron chi connectivity index (χ2n) is 6.29. The number of nitro groups is 1. The van der Waals surface area contributed by atoms with Crippen LogP contribution in [0, 0.1) is 17.0 Å². The van der Waals surface area contributed by atoms with Gasteiger partial charge in [-0.15, -0.1) is 0 Å². The van der Waals surface area contributed by atoms with Gasteiger partial charge in [0.1, 0.15) is 18.1 Å². The molecule has 1 atom stereocenters. The van der Waals surface area contributed by atoms with Gasteiger partial charge in [0, 0.05) is 39.3 Å². The standard InChI is InChI=1S/C17H21N5O3/c1-12-9-13(22(23)24)10-19-16(12)21-8-6-14(11-21)25-15-5-4-7-18-17(15)20(2)3/h4-5,7,9-10,14H,6,8,11H2,1-3H3. The van der Waals surface area contributed by atoms with Crippen molar-refractivity contribution in [2.24, 2.45) is 0 Å². The highest BCUT2D eigenvalue weighted by Gasteiger charge is 2.27. The Morgan fingerprint density at radius 3 is 2.88 bits per heavy atom. The van der Waals surface area contributed by atoms with Crippen LogP contribution in [0.5, 0.6) is 5.75 Å². The number of hydrogen-bond donors (Lipinski definition) is 0. The van der Waals surface area contributed by atoms with Crippen molar-refractivity contribution in [3.05, 3.63) is 46.3 Å². The zero-order chi connectivity index (χ0) is 18.0. The quantitative estimate of drug-likeness (QED) is 0.609. The van der Waals surface area contributed by atoms with Gasteiger partial charge in [0.15, 0.2) is 11.6 Å². The summed E-state index contributed by atoms with van der Waals surface area (Å²) in [7, 11) is 3.86. The van der Waals surface area contributed by atoms with E-state index >= 15 is 0 Å². The van der Waals surface area contributed by atoms with Gasteiger partial charge in [-0.2, -0.15) is 0 Å². The van der Waals surface area contributed by atoms with Gasteiger partial charge in [-0.1, -0.05) is 0 Å². The topological polar surface area (TPSA) is 84.6 Å². The molecule has 1 aliphatic heterocycles. The summed E-state index contributed by atoms with van der Waals surface area (Å²) < 4.78 is 6.14. The minimum atomic E-state index is -0.426. The van der Waals surface area contributed by atoms with Gasteiger partial charge < -0.3 is 14.5 Å². The molecular formula is C17H21N5O3. The van der Waals surface area contributed by atoms with Crippen LogP contribution in [0.2, 0.25) is 0 Å². The number of aryl methyl sites for hydroxylation is 1. The summed E-state index contributed by atoms with van der Waals surface area (Å²) in [5, 5.41) is 10.8. The number of rotatable bonds is 5. The van der Waals surface area contributed by atoms with Crippen molar-refractivity contribution in [1.29, 1.82) is 0 Å². The Morgan fingerprint density at radius 2 is 2.20 bits per heavy atom. The molecule has 0 bridgehead atoms. The summed E-state index contributed by atoms with van der Waals surface area (Å²) in [6.45, 7) is 3.33. The number of hydrogen-bond acceptors (Lipinski definition) is 7. The van der Waals surface area contributed by atoms with Crippen molar-refractivity contribution >= 4 is 17.3 Å². The lowest BCUT2D eigenvalue weighted by Gasteiger charge is -2.21. The number of nitrogens with zero attached hydrogens (tertiary/aromatic N) is 5. The lowest BCUT2D eigenvalue weighted by Crippen LogP contribution is -2.26. The molecule has 1 unspecified atom stereocenters. The van der Waals surface area contributed by atoms with E-state index in [1.807, 2.05) is 38.1 Å². The fraction of sp³-hybridized carbons (Fsp3) is 0.412. The predicted molar refractivity (Wildman–Crippen MR) is 95.4 cm³/mol. The molecule has 0 amide bonds. The Labute approximate surface area is 146 Å². The van der Waals surface area contributed by atoms with Gasteiger partial charge in [-0.25, -0.2) is 9.97 Å². The maximum atomic E-state index is 10.8. The van der Waals surface area contributed by atoms with E-state index in [2.05, 4.69) is 14.9 Å². The first-order valence-electron chi connectivity index (χ1n) is 8.10. The number of pyridine rings is 2. The lowest BCUT2D eigenvalue weighted by molar-refractivity contribution is -0.385. The zero-order valence-corrected chi connectivity index (χ0v) is 14.5. The van der Waals surface area contributed by atoms with Crippen LogP contribution in [0.1, 0.15) is 12.0 Å². The summed E-state index contributed by atoms with van der Waals surface area (Å²) >= 11 is 0. The molecule has 3 heterocycles. The first kappa shape index (κ1) is 16.9. The number of aromatic nitrogens is 2. The van der Waals surface area contributed by atoms with Gasteiger partial charge in [0.2, 0.25) is 0 Å². The fourth-order valence-electron chi connectivity index (χ4n) is 2.99. The number of ether oxygens (including phenoxy) is 1. The van der Waals surface area contributed by atoms with E-state index in [1.165, 1.54) is 6.20 Å². The molecule has 1 aliphatic rings. The van der Waals surface area contributed by atoms with Crippen molar-refractivity contribution in [1.82, 2.24) is 9.97 Å². The predicted octanol–water partition coefficient (Wildman–Crippen LogP) is 2.42. The van der Waals surface area contributed by atoms with Crippen LogP contribution in [0.25, 0.3) is 0 Å². The maximum Gasteiger partial charge on any atom is 0.287 e. The molecule has 3 rings (SSSR count). The molecule has 2 aromatic heterocycles. The van der Waals surface area contributed by atoms with Crippen LogP contribution in [0.4, 0.5) is 17.3 Å². The molecule has 0 saturated carbocycles. The van der Waals surface area contributed by atoms with Crippen LogP contribution in [-0.2, 0) is 0 Å². The molecule has 25 heavy (non-hydrogen) atoms. The Kier molecular flexibility index (Phi) is 4.69. The highest BCUT2D eigenvalue weighted by Crippen LogP contribution is 2.29. The average molecular weight is 343 g/mol. The van der Waals surface area contributed by atoms with Crippen molar-refractivity contribution in [2.75, 3.05) is 37.0 Å². The van der Waals surface area contributed by atoms with Gasteiger partial charge in [0.25, 0.3) is 5.69 Å². The van der Waals surface area contributed by atoms with E-state index in [4.69, 9.17) is 4.74 Å². The summed E-state index contributed by atoms with van der Waals surface area (Å²) in [6, 6.07) is 5.33. The van der Waals surface area contributed by atoms with Crippen LogP contribution in [-0.4, -0.2) is 48.2 Å². The molecule has 0 spiro atoms. The minimum Gasteiger partial charge on any atom is -0.485 e. The highest BCUT2D eigenvalue weighted by molar-refractivity contribution is 5.53. The third kappa shape index (κ3) is 3.62. The van der Waals surface area contributed by atoms with Crippen molar-refractivity contribution in [3.63, 3.8) is 0 Å². The summed E-state index contributed by atoms with van der Waals surface area (Å²) in [5.41, 5.74) is 0.810. The van der Waals surface area contributed by atoms with Gasteiger partial charge in [0.05, 0.1) is 11.5 Å². The lowest BCUT2D eigenvalue weighted by atomic mass is 10.2. The molecule has 1 fully saturated rings. The Hall–Kier alpha value is -2.90. The highest BCUT2D eigenvalue weighted by atomic mass is 16.6. The Balaban J connectivity index is 1.71. The first-order valence-corrected chi connectivity index (χ1v) is 8.10. The Bertz CT molecular complexity index is 781. The van der Waals surface area contributed by atoms with E-state index in [0.29, 0.717) is 6.54 Å². The summed E-state index contributed by atoms with van der Waals surface area (Å²) in [6.07, 6.45) is 3.94.